The van der Waals surface area contributed by atoms with E-state index in [9.17, 15) is 0 Å². The van der Waals surface area contributed by atoms with E-state index in [1.165, 1.54) is 38.1 Å². The third-order valence-electron chi connectivity index (χ3n) is 9.56. The first-order valence-electron chi connectivity index (χ1n) is 15.0. The lowest BCUT2D eigenvalue weighted by Gasteiger charge is -2.32. The number of para-hydroxylation sites is 1. The van der Waals surface area contributed by atoms with E-state index in [-0.39, 0.29) is 0 Å². The summed E-state index contributed by atoms with van der Waals surface area (Å²) < 4.78 is 13.1. The highest BCUT2D eigenvalue weighted by atomic mass is 16.7. The van der Waals surface area contributed by atoms with E-state index < -0.39 is 18.3 Å². The van der Waals surface area contributed by atoms with Gasteiger partial charge in [0.05, 0.1) is 16.7 Å². The first-order chi connectivity index (χ1) is 20.8. The molecule has 1 aliphatic rings. The van der Waals surface area contributed by atoms with E-state index in [0.29, 0.717) is 0 Å². The molecule has 1 aliphatic heterocycles. The summed E-state index contributed by atoms with van der Waals surface area (Å²) in [6, 6.07) is 41.4. The van der Waals surface area contributed by atoms with Gasteiger partial charge in [-0.3, -0.25) is 4.98 Å². The molecule has 0 aliphatic carbocycles. The number of hydrogen-bond donors (Lipinski definition) is 0. The molecule has 6 aromatic carbocycles. The minimum Gasteiger partial charge on any atom is -0.399 e. The second kappa shape index (κ2) is 9.50. The molecule has 0 saturated carbocycles. The molecule has 7 aromatic rings. The Balaban J connectivity index is 1.32. The Kier molecular flexibility index (Phi) is 5.78. The van der Waals surface area contributed by atoms with Gasteiger partial charge in [-0.1, -0.05) is 103 Å². The van der Waals surface area contributed by atoms with E-state index in [1.54, 1.807) is 0 Å². The van der Waals surface area contributed by atoms with Crippen molar-refractivity contribution >= 4 is 55.8 Å². The van der Waals surface area contributed by atoms with Gasteiger partial charge in [0.2, 0.25) is 0 Å². The third kappa shape index (κ3) is 4.09. The fourth-order valence-corrected chi connectivity index (χ4v) is 6.55. The van der Waals surface area contributed by atoms with Gasteiger partial charge in [-0.15, -0.1) is 0 Å². The Morgan fingerprint density at radius 3 is 1.77 bits per heavy atom. The highest BCUT2D eigenvalue weighted by molar-refractivity contribution is 6.66. The summed E-state index contributed by atoms with van der Waals surface area (Å²) >= 11 is 0. The van der Waals surface area contributed by atoms with E-state index in [0.717, 1.165) is 32.9 Å². The smallest absolute Gasteiger partial charge is 0.399 e. The fourth-order valence-electron chi connectivity index (χ4n) is 6.55. The SMILES string of the molecule is CC1(C)OB(c2cc3c4ccccc4c(-c4ccc(-c5cccc6cccnc56)cc4)cc3c3ccccc23)OC1(C)C. The van der Waals surface area contributed by atoms with Crippen LogP contribution in [0.25, 0.3) is 65.5 Å². The van der Waals surface area contributed by atoms with Crippen molar-refractivity contribution in [1.29, 1.82) is 0 Å². The molecule has 0 atom stereocenters. The minimum atomic E-state index is -0.436. The quantitative estimate of drug-likeness (QED) is 0.160. The van der Waals surface area contributed by atoms with Gasteiger partial charge in [0.1, 0.15) is 0 Å². The summed E-state index contributed by atoms with van der Waals surface area (Å²) in [5, 5.41) is 8.40. The molecule has 4 heteroatoms. The second-order valence-corrected chi connectivity index (χ2v) is 12.6. The van der Waals surface area contributed by atoms with Gasteiger partial charge in [0.15, 0.2) is 0 Å². The van der Waals surface area contributed by atoms with Crippen LogP contribution < -0.4 is 5.46 Å². The predicted octanol–water partition coefficient (Wildman–Crippen LogP) is 9.33. The zero-order valence-electron chi connectivity index (χ0n) is 24.9. The summed E-state index contributed by atoms with van der Waals surface area (Å²) in [4.78, 5) is 4.68. The van der Waals surface area contributed by atoms with E-state index in [4.69, 9.17) is 9.31 Å². The van der Waals surface area contributed by atoms with Crippen molar-refractivity contribution in [2.24, 2.45) is 0 Å². The maximum atomic E-state index is 6.56. The molecule has 0 bridgehead atoms. The molecule has 8 rings (SSSR count). The normalized spacial score (nSPS) is 16.0. The number of fused-ring (bicyclic) bond motifs is 6. The zero-order chi connectivity index (χ0) is 29.3. The number of benzene rings is 6. The maximum Gasteiger partial charge on any atom is 0.495 e. The topological polar surface area (TPSA) is 31.4 Å². The van der Waals surface area contributed by atoms with E-state index in [1.807, 2.05) is 12.3 Å². The van der Waals surface area contributed by atoms with Gasteiger partial charge in [0.25, 0.3) is 0 Å². The number of rotatable bonds is 3. The van der Waals surface area contributed by atoms with Crippen molar-refractivity contribution in [2.75, 3.05) is 0 Å². The van der Waals surface area contributed by atoms with Crippen molar-refractivity contribution in [3.8, 4) is 22.3 Å². The summed E-state index contributed by atoms with van der Waals surface area (Å²) in [6.07, 6.45) is 1.86. The Labute approximate surface area is 252 Å². The van der Waals surface area contributed by atoms with Crippen LogP contribution in [0.5, 0.6) is 0 Å². The monoisotopic (exact) mass is 557 g/mol. The Hall–Kier alpha value is -4.51. The molecule has 43 heavy (non-hydrogen) atoms. The summed E-state index contributed by atoms with van der Waals surface area (Å²) in [6.45, 7) is 8.44. The lowest BCUT2D eigenvalue weighted by molar-refractivity contribution is 0.00578. The molecule has 0 N–H and O–H groups in total. The van der Waals surface area contributed by atoms with Crippen LogP contribution in [-0.4, -0.2) is 23.3 Å². The van der Waals surface area contributed by atoms with Gasteiger partial charge in [-0.05, 0) is 94.3 Å². The third-order valence-corrected chi connectivity index (χ3v) is 9.56. The second-order valence-electron chi connectivity index (χ2n) is 12.6. The summed E-state index contributed by atoms with van der Waals surface area (Å²) in [5.74, 6) is 0. The molecule has 0 radical (unpaired) electrons. The van der Waals surface area contributed by atoms with Crippen molar-refractivity contribution in [2.45, 2.75) is 38.9 Å². The Morgan fingerprint density at radius 1 is 0.512 bits per heavy atom. The fraction of sp³-hybridized carbons (Fsp3) is 0.154. The molecule has 1 aromatic heterocycles. The maximum absolute atomic E-state index is 6.56. The highest BCUT2D eigenvalue weighted by Gasteiger charge is 2.52. The van der Waals surface area contributed by atoms with Gasteiger partial charge in [-0.2, -0.15) is 0 Å². The van der Waals surface area contributed by atoms with Crippen LogP contribution >= 0.6 is 0 Å². The van der Waals surface area contributed by atoms with Crippen LogP contribution in [-0.2, 0) is 9.31 Å². The number of aromatic nitrogens is 1. The standard InChI is InChI=1S/C39H32BNO2/c1-38(2)39(3,4)43-40(42-38)36-24-35-30-14-6-5-13-29(30)33(23-34(35)31-15-7-8-16-32(31)36)26-20-18-25(19-21-26)28-17-9-11-27-12-10-22-41-37(27)28/h5-24H,1-4H3. The van der Waals surface area contributed by atoms with Crippen LogP contribution in [0.3, 0.4) is 0 Å². The lowest BCUT2D eigenvalue weighted by atomic mass is 9.74. The molecule has 208 valence electrons. The predicted molar refractivity (Wildman–Crippen MR) is 181 cm³/mol. The van der Waals surface area contributed by atoms with E-state index >= 15 is 0 Å². The summed E-state index contributed by atoms with van der Waals surface area (Å²) in [7, 11) is -0.436. The van der Waals surface area contributed by atoms with Crippen LogP contribution in [0.4, 0.5) is 0 Å². The van der Waals surface area contributed by atoms with Crippen molar-refractivity contribution in [3.63, 3.8) is 0 Å². The highest BCUT2D eigenvalue weighted by Crippen LogP contribution is 2.41. The average molecular weight is 558 g/mol. The molecule has 1 fully saturated rings. The molecular formula is C39H32BNO2. The van der Waals surface area contributed by atoms with Crippen LogP contribution in [0, 0.1) is 0 Å². The Bertz CT molecular complexity index is 2180. The molecule has 0 unspecified atom stereocenters. The van der Waals surface area contributed by atoms with Gasteiger partial charge in [0, 0.05) is 17.1 Å². The largest absolute Gasteiger partial charge is 0.495 e. The molecule has 0 amide bonds. The molecule has 1 saturated heterocycles. The Morgan fingerprint density at radius 2 is 1.07 bits per heavy atom. The lowest BCUT2D eigenvalue weighted by Crippen LogP contribution is -2.41. The number of pyridine rings is 1. The van der Waals surface area contributed by atoms with Crippen LogP contribution in [0.15, 0.2) is 121 Å². The van der Waals surface area contributed by atoms with Gasteiger partial charge in [-0.25, -0.2) is 0 Å². The number of nitrogens with zero attached hydrogens (tertiary/aromatic N) is 1. The van der Waals surface area contributed by atoms with E-state index in [2.05, 4.69) is 142 Å². The molecule has 3 nitrogen and oxygen atoms in total. The molecular weight excluding hydrogens is 525 g/mol. The van der Waals surface area contributed by atoms with Gasteiger partial charge < -0.3 is 9.31 Å². The van der Waals surface area contributed by atoms with Crippen LogP contribution in [0.2, 0.25) is 0 Å². The summed E-state index contributed by atoms with van der Waals surface area (Å²) in [5.41, 5.74) is 6.01. The molecule has 0 spiro atoms. The average Bonchev–Trinajstić information content (AvgIpc) is 3.25. The number of hydrogen-bond acceptors (Lipinski definition) is 3. The van der Waals surface area contributed by atoms with Crippen molar-refractivity contribution in [3.05, 3.63) is 121 Å². The minimum absolute atomic E-state index is 0.409. The van der Waals surface area contributed by atoms with Crippen molar-refractivity contribution < 1.29 is 9.31 Å². The van der Waals surface area contributed by atoms with Gasteiger partial charge >= 0.3 is 7.12 Å². The van der Waals surface area contributed by atoms with Crippen LogP contribution in [0.1, 0.15) is 27.7 Å². The first-order valence-corrected chi connectivity index (χ1v) is 15.0. The molecule has 2 heterocycles. The first kappa shape index (κ1) is 26.1. The van der Waals surface area contributed by atoms with Crippen molar-refractivity contribution in [1.82, 2.24) is 4.98 Å². The zero-order valence-corrected chi connectivity index (χ0v) is 24.9.